The average Bonchev–Trinajstić information content (AvgIpc) is 2.78. The van der Waals surface area contributed by atoms with E-state index in [9.17, 15) is 14.7 Å². The molecule has 21 heavy (non-hydrogen) atoms. The third kappa shape index (κ3) is 3.41. The van der Waals surface area contributed by atoms with Crippen molar-refractivity contribution in [3.63, 3.8) is 0 Å². The van der Waals surface area contributed by atoms with Gasteiger partial charge in [0.05, 0.1) is 11.9 Å². The van der Waals surface area contributed by atoms with Gasteiger partial charge in [-0.1, -0.05) is 0 Å². The summed E-state index contributed by atoms with van der Waals surface area (Å²) in [5, 5.41) is 9.68. The van der Waals surface area contributed by atoms with E-state index in [-0.39, 0.29) is 0 Å². The van der Waals surface area contributed by atoms with Gasteiger partial charge in [-0.05, 0) is 40.0 Å². The zero-order chi connectivity index (χ0) is 15.6. The lowest BCUT2D eigenvalue weighted by Crippen LogP contribution is -2.30. The van der Waals surface area contributed by atoms with E-state index < -0.39 is 16.9 Å². The first-order chi connectivity index (χ1) is 9.83. The Bertz CT molecular complexity index is 733. The van der Waals surface area contributed by atoms with Gasteiger partial charge in [-0.15, -0.1) is 0 Å². The minimum Gasteiger partial charge on any atom is -0.390 e. The Kier molecular flexibility index (Phi) is 4.32. The minimum atomic E-state index is -0.669. The molecule has 0 radical (unpaired) electrons. The summed E-state index contributed by atoms with van der Waals surface area (Å²) in [5.41, 5.74) is -0.646. The SMILES string of the molecule is CCn1c(=O)[nH]c(=O)c2c1ncn2CCCCC(C)(C)O. The lowest BCUT2D eigenvalue weighted by Gasteiger charge is -2.16. The summed E-state index contributed by atoms with van der Waals surface area (Å²) >= 11 is 0. The molecule has 0 amide bonds. The number of unbranched alkanes of at least 4 members (excludes halogenated alkanes) is 1. The molecule has 0 saturated heterocycles. The highest BCUT2D eigenvalue weighted by atomic mass is 16.3. The molecule has 116 valence electrons. The molecule has 7 nitrogen and oxygen atoms in total. The maximum absolute atomic E-state index is 12.0. The van der Waals surface area contributed by atoms with E-state index in [0.29, 0.717) is 30.7 Å². The zero-order valence-electron chi connectivity index (χ0n) is 12.7. The summed E-state index contributed by atoms with van der Waals surface area (Å²) < 4.78 is 3.22. The van der Waals surface area contributed by atoms with Crippen molar-refractivity contribution in [2.24, 2.45) is 0 Å². The molecular formula is C14H22N4O3. The summed E-state index contributed by atoms with van der Waals surface area (Å²) in [6.07, 6.45) is 3.99. The molecule has 0 fully saturated rings. The van der Waals surface area contributed by atoms with Crippen LogP contribution in [-0.4, -0.2) is 29.8 Å². The molecule has 7 heteroatoms. The van der Waals surface area contributed by atoms with Crippen LogP contribution in [0.5, 0.6) is 0 Å². The maximum Gasteiger partial charge on any atom is 0.330 e. The van der Waals surface area contributed by atoms with Crippen LogP contribution in [-0.2, 0) is 13.1 Å². The molecule has 2 heterocycles. The lowest BCUT2D eigenvalue weighted by molar-refractivity contribution is 0.0679. The standard InChI is InChI=1S/C14H22N4O3/c1-4-18-11-10(12(19)16-13(18)20)17(9-15-11)8-6-5-7-14(2,3)21/h9,21H,4-8H2,1-3H3,(H,16,19,20). The molecule has 0 bridgehead atoms. The van der Waals surface area contributed by atoms with Crippen molar-refractivity contribution >= 4 is 11.2 Å². The average molecular weight is 294 g/mol. The second-order valence-electron chi connectivity index (χ2n) is 5.88. The topological polar surface area (TPSA) is 92.9 Å². The predicted molar refractivity (Wildman–Crippen MR) is 80.4 cm³/mol. The number of rotatable bonds is 6. The molecule has 0 aliphatic carbocycles. The van der Waals surface area contributed by atoms with Crippen molar-refractivity contribution in [3.8, 4) is 0 Å². The Morgan fingerprint density at radius 2 is 2.05 bits per heavy atom. The smallest absolute Gasteiger partial charge is 0.330 e. The predicted octanol–water partition coefficient (Wildman–Crippen LogP) is 0.847. The van der Waals surface area contributed by atoms with E-state index in [0.717, 1.165) is 12.8 Å². The van der Waals surface area contributed by atoms with Gasteiger partial charge in [0.2, 0.25) is 0 Å². The third-order valence-electron chi connectivity index (χ3n) is 3.51. The number of aryl methyl sites for hydroxylation is 2. The van der Waals surface area contributed by atoms with Crippen LogP contribution in [0.4, 0.5) is 0 Å². The fourth-order valence-electron chi connectivity index (χ4n) is 2.42. The Hall–Kier alpha value is -1.89. The largest absolute Gasteiger partial charge is 0.390 e. The van der Waals surface area contributed by atoms with Gasteiger partial charge in [-0.2, -0.15) is 0 Å². The molecule has 2 N–H and O–H groups in total. The van der Waals surface area contributed by atoms with E-state index >= 15 is 0 Å². The Labute approximate surface area is 122 Å². The van der Waals surface area contributed by atoms with Crippen LogP contribution < -0.4 is 11.2 Å². The van der Waals surface area contributed by atoms with Gasteiger partial charge in [0.25, 0.3) is 5.56 Å². The fourth-order valence-corrected chi connectivity index (χ4v) is 2.42. The summed E-state index contributed by atoms with van der Waals surface area (Å²) in [4.78, 5) is 30.2. The van der Waals surface area contributed by atoms with Gasteiger partial charge in [0, 0.05) is 13.1 Å². The van der Waals surface area contributed by atoms with E-state index in [2.05, 4.69) is 9.97 Å². The number of hydrogen-bond acceptors (Lipinski definition) is 4. The second-order valence-corrected chi connectivity index (χ2v) is 5.88. The Balaban J connectivity index is 2.23. The number of aromatic amines is 1. The van der Waals surface area contributed by atoms with Gasteiger partial charge in [0.15, 0.2) is 11.2 Å². The van der Waals surface area contributed by atoms with Crippen molar-refractivity contribution in [2.75, 3.05) is 0 Å². The number of fused-ring (bicyclic) bond motifs is 1. The Morgan fingerprint density at radius 1 is 1.33 bits per heavy atom. The highest BCUT2D eigenvalue weighted by molar-refractivity contribution is 5.69. The van der Waals surface area contributed by atoms with Crippen LogP contribution in [0.1, 0.15) is 40.0 Å². The molecule has 0 saturated carbocycles. The molecule has 2 rings (SSSR count). The summed E-state index contributed by atoms with van der Waals surface area (Å²) in [6.45, 7) is 6.50. The van der Waals surface area contributed by atoms with Crippen LogP contribution in [0.2, 0.25) is 0 Å². The molecular weight excluding hydrogens is 272 g/mol. The van der Waals surface area contributed by atoms with Gasteiger partial charge in [0.1, 0.15) is 0 Å². The van der Waals surface area contributed by atoms with Gasteiger partial charge < -0.3 is 9.67 Å². The Morgan fingerprint density at radius 3 is 2.67 bits per heavy atom. The van der Waals surface area contributed by atoms with E-state index in [1.165, 1.54) is 4.57 Å². The van der Waals surface area contributed by atoms with E-state index in [1.54, 1.807) is 24.7 Å². The second kappa shape index (κ2) is 5.85. The number of aromatic nitrogens is 4. The number of hydrogen-bond donors (Lipinski definition) is 2. The molecule has 0 aliphatic heterocycles. The highest BCUT2D eigenvalue weighted by Gasteiger charge is 2.14. The zero-order valence-corrected chi connectivity index (χ0v) is 12.7. The van der Waals surface area contributed by atoms with Crippen LogP contribution in [0.25, 0.3) is 11.2 Å². The molecule has 0 spiro atoms. The fraction of sp³-hybridized carbons (Fsp3) is 0.643. The van der Waals surface area contributed by atoms with Crippen molar-refractivity contribution < 1.29 is 5.11 Å². The summed E-state index contributed by atoms with van der Waals surface area (Å²) in [5.74, 6) is 0. The van der Waals surface area contributed by atoms with Crippen LogP contribution in [0, 0.1) is 0 Å². The molecule has 0 aliphatic rings. The number of nitrogens with one attached hydrogen (secondary N) is 1. The van der Waals surface area contributed by atoms with Crippen LogP contribution >= 0.6 is 0 Å². The number of imidazole rings is 1. The normalized spacial score (nSPS) is 12.2. The van der Waals surface area contributed by atoms with Gasteiger partial charge in [-0.25, -0.2) is 9.78 Å². The van der Waals surface area contributed by atoms with Crippen LogP contribution in [0.15, 0.2) is 15.9 Å². The number of nitrogens with zero attached hydrogens (tertiary/aromatic N) is 3. The minimum absolute atomic E-state index is 0.403. The maximum atomic E-state index is 12.0. The monoisotopic (exact) mass is 294 g/mol. The molecule has 0 unspecified atom stereocenters. The van der Waals surface area contributed by atoms with Crippen molar-refractivity contribution in [3.05, 3.63) is 27.2 Å². The van der Waals surface area contributed by atoms with Gasteiger partial charge in [-0.3, -0.25) is 14.3 Å². The first-order valence-electron chi connectivity index (χ1n) is 7.24. The van der Waals surface area contributed by atoms with Crippen molar-refractivity contribution in [1.82, 2.24) is 19.1 Å². The van der Waals surface area contributed by atoms with Crippen LogP contribution in [0.3, 0.4) is 0 Å². The lowest BCUT2D eigenvalue weighted by atomic mass is 10.0. The van der Waals surface area contributed by atoms with Crippen molar-refractivity contribution in [2.45, 2.75) is 58.7 Å². The summed E-state index contributed by atoms with van der Waals surface area (Å²) in [7, 11) is 0. The number of H-pyrrole nitrogens is 1. The molecule has 2 aromatic heterocycles. The van der Waals surface area contributed by atoms with E-state index in [1.807, 2.05) is 6.92 Å². The molecule has 0 atom stereocenters. The molecule has 0 aromatic carbocycles. The molecule has 2 aromatic rings. The van der Waals surface area contributed by atoms with Gasteiger partial charge >= 0.3 is 5.69 Å². The third-order valence-corrected chi connectivity index (χ3v) is 3.51. The van der Waals surface area contributed by atoms with Crippen molar-refractivity contribution in [1.29, 1.82) is 0 Å². The number of aliphatic hydroxyl groups is 1. The summed E-state index contributed by atoms with van der Waals surface area (Å²) in [6, 6.07) is 0. The first-order valence-corrected chi connectivity index (χ1v) is 7.24. The highest BCUT2D eigenvalue weighted by Crippen LogP contribution is 2.13. The van der Waals surface area contributed by atoms with E-state index in [4.69, 9.17) is 0 Å². The quantitative estimate of drug-likeness (QED) is 0.772. The first kappa shape index (κ1) is 15.5.